The van der Waals surface area contributed by atoms with E-state index < -0.39 is 35.8 Å². The number of nitrogens with zero attached hydrogens (tertiary/aromatic N) is 4. The van der Waals surface area contributed by atoms with E-state index in [0.717, 1.165) is 10.8 Å². The Labute approximate surface area is 180 Å². The smallest absolute Gasteiger partial charge is 0.456 e. The first-order valence-corrected chi connectivity index (χ1v) is 10.0. The van der Waals surface area contributed by atoms with Gasteiger partial charge in [0.15, 0.2) is 6.61 Å². The summed E-state index contributed by atoms with van der Waals surface area (Å²) < 4.78 is 93.8. The van der Waals surface area contributed by atoms with Crippen molar-refractivity contribution in [1.29, 1.82) is 0 Å². The van der Waals surface area contributed by atoms with Crippen LogP contribution in [0.15, 0.2) is 34.0 Å². The van der Waals surface area contributed by atoms with E-state index in [9.17, 15) is 30.7 Å². The Hall–Kier alpha value is -1.97. The summed E-state index contributed by atoms with van der Waals surface area (Å²) in [5, 5.41) is -0.239. The molecule has 0 aliphatic rings. The highest BCUT2D eigenvalue weighted by atomic mass is 79.9. The highest BCUT2D eigenvalue weighted by molar-refractivity contribution is 9.10. The maximum absolute atomic E-state index is 13.1. The van der Waals surface area contributed by atoms with Crippen LogP contribution in [0, 0.1) is 4.64 Å². The molecule has 0 bridgehead atoms. The van der Waals surface area contributed by atoms with E-state index in [1.807, 2.05) is 0 Å². The van der Waals surface area contributed by atoms with Crippen LogP contribution in [0.25, 0.3) is 16.9 Å². The molecule has 3 aromatic rings. The quantitative estimate of drug-likeness (QED) is 0.280. The van der Waals surface area contributed by atoms with Gasteiger partial charge in [0, 0.05) is 23.9 Å². The van der Waals surface area contributed by atoms with E-state index in [-0.39, 0.29) is 26.6 Å². The minimum absolute atomic E-state index is 0.0430. The lowest BCUT2D eigenvalue weighted by atomic mass is 10.2. The highest BCUT2D eigenvalue weighted by Crippen LogP contribution is 2.36. The number of imidazole rings is 1. The molecule has 0 saturated heterocycles. The summed E-state index contributed by atoms with van der Waals surface area (Å²) in [6, 6.07) is 2.56. The molecule has 1 atom stereocenters. The number of ether oxygens (including phenoxy) is 1. The van der Waals surface area contributed by atoms with Crippen molar-refractivity contribution in [3.05, 3.63) is 33.6 Å². The fourth-order valence-electron chi connectivity index (χ4n) is 2.39. The third-order valence-corrected chi connectivity index (χ3v) is 5.54. The topological polar surface area (TPSA) is 84.5 Å². The van der Waals surface area contributed by atoms with Gasteiger partial charge in [0.05, 0.1) is 5.56 Å². The molecule has 0 N–H and O–H groups in total. The first-order valence-electron chi connectivity index (χ1n) is 7.74. The number of rotatable bonds is 5. The molecule has 0 spiro atoms. The summed E-state index contributed by atoms with van der Waals surface area (Å²) in [5.41, 5.74) is 0.248. The standard InChI is InChI=1S/C15H10BrF5N4O3S2/c1-24-11(29)8(4-22-13(24)28-6-14(17,18)15(19,20)21)10-12(30(26)27)25-5-7(16)2-3-9(25)23-10/h2-5H,6H2,1H3,(H,26,27)/p-1. The van der Waals surface area contributed by atoms with Crippen molar-refractivity contribution in [3.8, 4) is 17.3 Å². The summed E-state index contributed by atoms with van der Waals surface area (Å²) in [4.78, 5) is 7.92. The van der Waals surface area contributed by atoms with Gasteiger partial charge >= 0.3 is 12.1 Å². The number of fused-ring (bicyclic) bond motifs is 1. The Morgan fingerprint density at radius 2 is 1.97 bits per heavy atom. The molecule has 30 heavy (non-hydrogen) atoms. The zero-order valence-electron chi connectivity index (χ0n) is 14.6. The van der Waals surface area contributed by atoms with Crippen LogP contribution in [0.4, 0.5) is 22.0 Å². The van der Waals surface area contributed by atoms with Gasteiger partial charge in [-0.2, -0.15) is 22.0 Å². The van der Waals surface area contributed by atoms with Crippen molar-refractivity contribution in [2.75, 3.05) is 6.61 Å². The number of hydrogen-bond donors (Lipinski definition) is 0. The maximum Gasteiger partial charge on any atom is 0.456 e. The Kier molecular flexibility index (Phi) is 6.01. The van der Waals surface area contributed by atoms with Crippen LogP contribution in [0.2, 0.25) is 0 Å². The molecule has 3 aromatic heterocycles. The predicted molar refractivity (Wildman–Crippen MR) is 99.6 cm³/mol. The van der Waals surface area contributed by atoms with Crippen molar-refractivity contribution in [3.63, 3.8) is 0 Å². The van der Waals surface area contributed by atoms with Crippen LogP contribution in [0.1, 0.15) is 0 Å². The zero-order chi connectivity index (χ0) is 22.4. The second-order valence-electron chi connectivity index (χ2n) is 5.89. The normalized spacial score (nSPS) is 13.6. The molecule has 0 aromatic carbocycles. The van der Waals surface area contributed by atoms with E-state index in [1.165, 1.54) is 23.7 Å². The Balaban J connectivity index is 2.06. The van der Waals surface area contributed by atoms with Gasteiger partial charge in [-0.15, -0.1) is 0 Å². The van der Waals surface area contributed by atoms with Crippen LogP contribution in [-0.2, 0) is 18.1 Å². The number of halogens is 6. The molecule has 0 radical (unpaired) electrons. The van der Waals surface area contributed by atoms with Gasteiger partial charge in [0.25, 0.3) is 6.01 Å². The van der Waals surface area contributed by atoms with Gasteiger partial charge in [0.2, 0.25) is 0 Å². The third kappa shape index (κ3) is 4.10. The minimum Gasteiger partial charge on any atom is -0.767 e. The van der Waals surface area contributed by atoms with Gasteiger partial charge in [-0.05, 0) is 39.1 Å². The lowest BCUT2D eigenvalue weighted by Crippen LogP contribution is -2.42. The van der Waals surface area contributed by atoms with Gasteiger partial charge in [0.1, 0.15) is 21.0 Å². The SMILES string of the molecule is Cn1c(OCC(F)(F)C(F)(F)F)ncc(-c2nc3ccc(Br)cn3c2S(=O)[O-])c1=S. The molecule has 0 saturated carbocycles. The average Bonchev–Trinajstić information content (AvgIpc) is 3.00. The number of hydrogen-bond acceptors (Lipinski definition) is 6. The maximum atomic E-state index is 13.1. The summed E-state index contributed by atoms with van der Waals surface area (Å²) >= 11 is 5.67. The molecule has 162 valence electrons. The highest BCUT2D eigenvalue weighted by Gasteiger charge is 2.58. The third-order valence-electron chi connectivity index (χ3n) is 3.87. The molecule has 0 fully saturated rings. The van der Waals surface area contributed by atoms with Crippen molar-refractivity contribution in [1.82, 2.24) is 18.9 Å². The first-order chi connectivity index (χ1) is 13.8. The molecule has 7 nitrogen and oxygen atoms in total. The van der Waals surface area contributed by atoms with E-state index in [4.69, 9.17) is 12.2 Å². The van der Waals surface area contributed by atoms with Crippen LogP contribution in [0.3, 0.4) is 0 Å². The van der Waals surface area contributed by atoms with Crippen molar-refractivity contribution >= 4 is 44.9 Å². The minimum atomic E-state index is -5.79. The van der Waals surface area contributed by atoms with E-state index in [0.29, 0.717) is 4.47 Å². The Morgan fingerprint density at radius 1 is 1.30 bits per heavy atom. The van der Waals surface area contributed by atoms with Crippen molar-refractivity contribution in [2.24, 2.45) is 7.05 Å². The molecule has 0 amide bonds. The summed E-state index contributed by atoms with van der Waals surface area (Å²) in [6.45, 7) is -2.00. The van der Waals surface area contributed by atoms with E-state index in [1.54, 1.807) is 6.07 Å². The Bertz CT molecular complexity index is 1210. The summed E-state index contributed by atoms with van der Waals surface area (Å²) in [7, 11) is 1.22. The van der Waals surface area contributed by atoms with Crippen LogP contribution in [0.5, 0.6) is 6.01 Å². The molecule has 1 unspecified atom stereocenters. The van der Waals surface area contributed by atoms with E-state index >= 15 is 0 Å². The fourth-order valence-corrected chi connectivity index (χ4v) is 3.58. The Morgan fingerprint density at radius 3 is 2.57 bits per heavy atom. The predicted octanol–water partition coefficient (Wildman–Crippen LogP) is 4.04. The molecule has 0 aliphatic carbocycles. The van der Waals surface area contributed by atoms with Crippen molar-refractivity contribution < 1.29 is 35.5 Å². The van der Waals surface area contributed by atoms with Gasteiger partial charge in [-0.3, -0.25) is 13.2 Å². The van der Waals surface area contributed by atoms with E-state index in [2.05, 4.69) is 30.6 Å². The summed E-state index contributed by atoms with van der Waals surface area (Å²) in [5.74, 6) is -5.09. The lowest BCUT2D eigenvalue weighted by Gasteiger charge is -2.20. The van der Waals surface area contributed by atoms with Gasteiger partial charge < -0.3 is 9.29 Å². The van der Waals surface area contributed by atoms with Crippen LogP contribution >= 0.6 is 28.1 Å². The second kappa shape index (κ2) is 7.94. The largest absolute Gasteiger partial charge is 0.767 e. The van der Waals surface area contributed by atoms with Crippen LogP contribution < -0.4 is 4.74 Å². The van der Waals surface area contributed by atoms with Crippen LogP contribution in [-0.4, -0.2) is 46.4 Å². The number of alkyl halides is 5. The zero-order valence-corrected chi connectivity index (χ0v) is 17.8. The number of aromatic nitrogens is 4. The van der Waals surface area contributed by atoms with Gasteiger partial charge in [-0.1, -0.05) is 12.2 Å². The molecular formula is C15H9BrF5N4O3S2-. The molecule has 0 aliphatic heterocycles. The average molecular weight is 532 g/mol. The first kappa shape index (κ1) is 22.7. The number of pyridine rings is 1. The fraction of sp³-hybridized carbons (Fsp3) is 0.267. The molecule has 3 rings (SSSR count). The van der Waals surface area contributed by atoms with Crippen molar-refractivity contribution in [2.45, 2.75) is 17.1 Å². The lowest BCUT2D eigenvalue weighted by molar-refractivity contribution is -0.290. The second-order valence-corrected chi connectivity index (χ2v) is 8.04. The van der Waals surface area contributed by atoms with Gasteiger partial charge in [-0.25, -0.2) is 9.97 Å². The summed E-state index contributed by atoms with van der Waals surface area (Å²) in [6.07, 6.45) is -3.33. The monoisotopic (exact) mass is 531 g/mol. The molecule has 15 heteroatoms. The molecule has 3 heterocycles. The molecular weight excluding hydrogens is 523 g/mol.